The second-order valence-corrected chi connectivity index (χ2v) is 5.23. The zero-order valence-corrected chi connectivity index (χ0v) is 11.8. The van der Waals surface area contributed by atoms with Crippen molar-refractivity contribution in [3.63, 3.8) is 0 Å². The van der Waals surface area contributed by atoms with Gasteiger partial charge in [0.05, 0.1) is 25.4 Å². The first kappa shape index (κ1) is 14.8. The van der Waals surface area contributed by atoms with Crippen molar-refractivity contribution in [1.29, 1.82) is 0 Å². The Morgan fingerprint density at radius 1 is 1.50 bits per heavy atom. The molecule has 2 unspecified atom stereocenters. The molecule has 0 aromatic heterocycles. The van der Waals surface area contributed by atoms with E-state index in [0.717, 1.165) is 11.3 Å². The molecule has 0 spiro atoms. The maximum Gasteiger partial charge on any atom is 0.223 e. The largest absolute Gasteiger partial charge is 0.399 e. The Morgan fingerprint density at radius 3 is 2.95 bits per heavy atom. The highest BCUT2D eigenvalue weighted by molar-refractivity contribution is 5.77. The number of aliphatic hydroxyl groups is 1. The number of nitrogen functional groups attached to an aromatic ring is 1. The minimum atomic E-state index is -0.267. The van der Waals surface area contributed by atoms with Crippen LogP contribution in [0.1, 0.15) is 18.9 Å². The van der Waals surface area contributed by atoms with E-state index >= 15 is 0 Å². The average Bonchev–Trinajstić information content (AvgIpc) is 2.46. The molecule has 0 saturated carbocycles. The van der Waals surface area contributed by atoms with Gasteiger partial charge >= 0.3 is 0 Å². The van der Waals surface area contributed by atoms with Crippen molar-refractivity contribution in [3.8, 4) is 0 Å². The minimum Gasteiger partial charge on any atom is -0.399 e. The zero-order chi connectivity index (χ0) is 14.5. The van der Waals surface area contributed by atoms with Gasteiger partial charge in [-0.15, -0.1) is 0 Å². The molecule has 0 bridgehead atoms. The van der Waals surface area contributed by atoms with Crippen LogP contribution < -0.4 is 5.73 Å². The predicted molar refractivity (Wildman–Crippen MR) is 77.2 cm³/mol. The molecule has 5 heteroatoms. The van der Waals surface area contributed by atoms with Gasteiger partial charge in [-0.3, -0.25) is 4.79 Å². The number of aliphatic hydroxyl groups excluding tert-OH is 1. The van der Waals surface area contributed by atoms with Crippen LogP contribution in [0.3, 0.4) is 0 Å². The van der Waals surface area contributed by atoms with Crippen LogP contribution in [0.5, 0.6) is 0 Å². The van der Waals surface area contributed by atoms with Crippen molar-refractivity contribution >= 4 is 11.6 Å². The van der Waals surface area contributed by atoms with Crippen LogP contribution in [0.2, 0.25) is 0 Å². The van der Waals surface area contributed by atoms with Crippen LogP contribution in [0, 0.1) is 0 Å². The van der Waals surface area contributed by atoms with Gasteiger partial charge in [-0.1, -0.05) is 18.2 Å². The van der Waals surface area contributed by atoms with Crippen molar-refractivity contribution in [1.82, 2.24) is 4.90 Å². The summed E-state index contributed by atoms with van der Waals surface area (Å²) in [5, 5.41) is 9.14. The number of anilines is 1. The number of amides is 1. The predicted octanol–water partition coefficient (Wildman–Crippen LogP) is 0.810. The lowest BCUT2D eigenvalue weighted by molar-refractivity contribution is -0.146. The summed E-state index contributed by atoms with van der Waals surface area (Å²) >= 11 is 0. The van der Waals surface area contributed by atoms with E-state index in [1.165, 1.54) is 0 Å². The van der Waals surface area contributed by atoms with E-state index in [9.17, 15) is 4.79 Å². The van der Waals surface area contributed by atoms with E-state index in [2.05, 4.69) is 0 Å². The van der Waals surface area contributed by atoms with Crippen molar-refractivity contribution in [2.45, 2.75) is 31.9 Å². The van der Waals surface area contributed by atoms with E-state index < -0.39 is 0 Å². The van der Waals surface area contributed by atoms with Crippen LogP contribution in [-0.4, -0.2) is 47.8 Å². The van der Waals surface area contributed by atoms with Gasteiger partial charge in [0.25, 0.3) is 0 Å². The molecule has 5 nitrogen and oxygen atoms in total. The van der Waals surface area contributed by atoms with Gasteiger partial charge < -0.3 is 20.5 Å². The summed E-state index contributed by atoms with van der Waals surface area (Å²) in [7, 11) is 0. The molecule has 1 heterocycles. The van der Waals surface area contributed by atoms with Crippen molar-refractivity contribution in [2.75, 3.05) is 25.5 Å². The van der Waals surface area contributed by atoms with E-state index in [1.807, 2.05) is 31.2 Å². The summed E-state index contributed by atoms with van der Waals surface area (Å²) in [5.41, 5.74) is 7.60. The molecule has 1 aliphatic heterocycles. The maximum atomic E-state index is 12.3. The van der Waals surface area contributed by atoms with Gasteiger partial charge in [0.15, 0.2) is 0 Å². The van der Waals surface area contributed by atoms with E-state index in [4.69, 9.17) is 15.6 Å². The highest BCUT2D eigenvalue weighted by atomic mass is 16.5. The average molecular weight is 278 g/mol. The molecule has 1 fully saturated rings. The quantitative estimate of drug-likeness (QED) is 0.799. The number of morpholine rings is 1. The summed E-state index contributed by atoms with van der Waals surface area (Å²) < 4.78 is 5.44. The number of nitrogens with zero attached hydrogens (tertiary/aromatic N) is 1. The fraction of sp³-hybridized carbons (Fsp3) is 0.533. The Bertz CT molecular complexity index is 464. The van der Waals surface area contributed by atoms with Crippen LogP contribution in [-0.2, 0) is 16.0 Å². The lowest BCUT2D eigenvalue weighted by Crippen LogP contribution is -2.52. The Morgan fingerprint density at radius 2 is 2.25 bits per heavy atom. The smallest absolute Gasteiger partial charge is 0.223 e. The fourth-order valence-electron chi connectivity index (χ4n) is 2.42. The fourth-order valence-corrected chi connectivity index (χ4v) is 2.42. The van der Waals surface area contributed by atoms with Crippen LogP contribution in [0.15, 0.2) is 24.3 Å². The Labute approximate surface area is 119 Å². The number of carbonyl (C=O) groups excluding carboxylic acids is 1. The molecular weight excluding hydrogens is 256 g/mol. The van der Waals surface area contributed by atoms with Gasteiger partial charge in [-0.25, -0.2) is 0 Å². The summed E-state index contributed by atoms with van der Waals surface area (Å²) in [5.74, 6) is 0.0857. The first-order valence-corrected chi connectivity index (χ1v) is 6.97. The monoisotopic (exact) mass is 278 g/mol. The molecule has 1 aromatic carbocycles. The standard InChI is InChI=1S/C15H22N2O3/c1-11-10-20-13(9-18)8-17(11)15(19)7-6-12-4-2-3-5-14(12)16/h2-5,11,13,18H,6-10,16H2,1H3. The molecule has 1 amide bonds. The molecule has 0 radical (unpaired) electrons. The molecule has 3 N–H and O–H groups in total. The summed E-state index contributed by atoms with van der Waals surface area (Å²) in [6.07, 6.45) is 0.799. The first-order chi connectivity index (χ1) is 9.61. The van der Waals surface area contributed by atoms with Gasteiger partial charge in [0, 0.05) is 18.7 Å². The molecule has 0 aliphatic carbocycles. The Balaban J connectivity index is 1.92. The highest BCUT2D eigenvalue weighted by Gasteiger charge is 2.28. The number of hydrogen-bond acceptors (Lipinski definition) is 4. The third kappa shape index (κ3) is 3.49. The van der Waals surface area contributed by atoms with Crippen LogP contribution in [0.4, 0.5) is 5.69 Å². The molecular formula is C15H22N2O3. The number of para-hydroxylation sites is 1. The lowest BCUT2D eigenvalue weighted by atomic mass is 10.1. The Hall–Kier alpha value is -1.59. The van der Waals surface area contributed by atoms with Crippen LogP contribution in [0.25, 0.3) is 0 Å². The molecule has 20 heavy (non-hydrogen) atoms. The molecule has 1 aliphatic rings. The van der Waals surface area contributed by atoms with Crippen molar-refractivity contribution in [2.24, 2.45) is 0 Å². The van der Waals surface area contributed by atoms with Gasteiger partial charge in [-0.05, 0) is 25.0 Å². The topological polar surface area (TPSA) is 75.8 Å². The number of aryl methyl sites for hydroxylation is 1. The second kappa shape index (κ2) is 6.72. The number of hydrogen-bond donors (Lipinski definition) is 2. The molecule has 1 aromatic rings. The summed E-state index contributed by atoms with van der Waals surface area (Å²) in [4.78, 5) is 14.1. The third-order valence-electron chi connectivity index (χ3n) is 3.69. The number of benzene rings is 1. The van der Waals surface area contributed by atoms with Gasteiger partial charge in [-0.2, -0.15) is 0 Å². The molecule has 2 atom stereocenters. The highest BCUT2D eigenvalue weighted by Crippen LogP contribution is 2.16. The zero-order valence-electron chi connectivity index (χ0n) is 11.8. The van der Waals surface area contributed by atoms with Crippen molar-refractivity contribution in [3.05, 3.63) is 29.8 Å². The molecule has 110 valence electrons. The normalized spacial score (nSPS) is 22.8. The number of ether oxygens (including phenoxy) is 1. The van der Waals surface area contributed by atoms with E-state index in [0.29, 0.717) is 26.0 Å². The summed E-state index contributed by atoms with van der Waals surface area (Å²) in [6, 6.07) is 7.66. The first-order valence-electron chi connectivity index (χ1n) is 6.97. The van der Waals surface area contributed by atoms with Crippen molar-refractivity contribution < 1.29 is 14.6 Å². The van der Waals surface area contributed by atoms with E-state index in [1.54, 1.807) is 4.90 Å². The van der Waals surface area contributed by atoms with Gasteiger partial charge in [0.2, 0.25) is 5.91 Å². The Kier molecular flexibility index (Phi) is 4.98. The third-order valence-corrected chi connectivity index (χ3v) is 3.69. The van der Waals surface area contributed by atoms with Crippen LogP contribution >= 0.6 is 0 Å². The number of carbonyl (C=O) groups is 1. The SMILES string of the molecule is CC1COC(CO)CN1C(=O)CCc1ccccc1N. The molecule has 2 rings (SSSR count). The number of nitrogens with two attached hydrogens (primary N) is 1. The molecule has 1 saturated heterocycles. The lowest BCUT2D eigenvalue weighted by Gasteiger charge is -2.37. The maximum absolute atomic E-state index is 12.3. The second-order valence-electron chi connectivity index (χ2n) is 5.23. The summed E-state index contributed by atoms with van der Waals surface area (Å²) in [6.45, 7) is 2.84. The minimum absolute atomic E-state index is 0.0534. The van der Waals surface area contributed by atoms with Gasteiger partial charge in [0.1, 0.15) is 0 Å². The number of rotatable bonds is 4. The van der Waals surface area contributed by atoms with E-state index in [-0.39, 0.29) is 24.7 Å².